The summed E-state index contributed by atoms with van der Waals surface area (Å²) in [6.07, 6.45) is 4.29. The van der Waals surface area contributed by atoms with Gasteiger partial charge in [-0.3, -0.25) is 0 Å². The molecule has 1 unspecified atom stereocenters. The van der Waals surface area contributed by atoms with Crippen LogP contribution in [0.1, 0.15) is 44.6 Å². The molecule has 1 atom stereocenters. The molecule has 0 heterocycles. The maximum Gasteiger partial charge on any atom is 0.108 e. The molecule has 0 saturated heterocycles. The SMILES string of the molecule is CCC(O)(c1ccccc1)C1(C#N)CCCC1. The number of benzene rings is 1. The van der Waals surface area contributed by atoms with Gasteiger partial charge in [0, 0.05) is 0 Å². The summed E-state index contributed by atoms with van der Waals surface area (Å²) in [7, 11) is 0. The molecule has 0 aliphatic heterocycles. The van der Waals surface area contributed by atoms with Crippen LogP contribution in [-0.2, 0) is 5.60 Å². The van der Waals surface area contributed by atoms with Gasteiger partial charge in [0.1, 0.15) is 5.60 Å². The summed E-state index contributed by atoms with van der Waals surface area (Å²) >= 11 is 0. The highest BCUT2D eigenvalue weighted by Crippen LogP contribution is 2.52. The summed E-state index contributed by atoms with van der Waals surface area (Å²) in [5.41, 5.74) is -0.714. The van der Waals surface area contributed by atoms with Gasteiger partial charge in [0.05, 0.1) is 11.5 Å². The van der Waals surface area contributed by atoms with Crippen LogP contribution in [0.3, 0.4) is 0 Å². The van der Waals surface area contributed by atoms with Crippen LogP contribution in [-0.4, -0.2) is 5.11 Å². The van der Waals surface area contributed by atoms with Crippen LogP contribution >= 0.6 is 0 Å². The molecule has 0 amide bonds. The van der Waals surface area contributed by atoms with Crippen molar-refractivity contribution in [2.24, 2.45) is 5.41 Å². The minimum Gasteiger partial charge on any atom is -0.383 e. The van der Waals surface area contributed by atoms with Crippen molar-refractivity contribution in [2.45, 2.75) is 44.6 Å². The van der Waals surface area contributed by atoms with Crippen LogP contribution in [0.2, 0.25) is 0 Å². The summed E-state index contributed by atoms with van der Waals surface area (Å²) in [6, 6.07) is 12.1. The number of hydrogen-bond donors (Lipinski definition) is 1. The van der Waals surface area contributed by atoms with E-state index in [-0.39, 0.29) is 0 Å². The number of nitriles is 1. The Morgan fingerprint density at radius 1 is 1.29 bits per heavy atom. The molecule has 0 bridgehead atoms. The quantitative estimate of drug-likeness (QED) is 0.863. The zero-order chi connectivity index (χ0) is 12.4. The van der Waals surface area contributed by atoms with Gasteiger partial charge in [-0.05, 0) is 24.8 Å². The standard InChI is InChI=1S/C15H19NO/c1-2-15(17,13-8-4-3-5-9-13)14(12-16)10-6-7-11-14/h3-5,8-9,17H,2,6-7,10-11H2,1H3. The Hall–Kier alpha value is -1.33. The molecule has 2 rings (SSSR count). The molecule has 0 spiro atoms. The first-order valence-corrected chi connectivity index (χ1v) is 6.38. The monoisotopic (exact) mass is 229 g/mol. The average Bonchev–Trinajstić information content (AvgIpc) is 2.89. The molecular formula is C15H19NO. The minimum absolute atomic E-state index is 0.588. The molecule has 2 nitrogen and oxygen atoms in total. The zero-order valence-electron chi connectivity index (χ0n) is 10.3. The first-order chi connectivity index (χ1) is 8.18. The third-order valence-corrected chi connectivity index (χ3v) is 4.23. The van der Waals surface area contributed by atoms with Crippen LogP contribution < -0.4 is 0 Å². The Bertz CT molecular complexity index is 414. The molecular weight excluding hydrogens is 210 g/mol. The van der Waals surface area contributed by atoms with Crippen LogP contribution in [0.25, 0.3) is 0 Å². The Morgan fingerprint density at radius 3 is 2.35 bits per heavy atom. The van der Waals surface area contributed by atoms with E-state index in [0.717, 1.165) is 31.2 Å². The van der Waals surface area contributed by atoms with E-state index < -0.39 is 11.0 Å². The van der Waals surface area contributed by atoms with Crippen molar-refractivity contribution in [1.29, 1.82) is 5.26 Å². The highest BCUT2D eigenvalue weighted by atomic mass is 16.3. The fourth-order valence-corrected chi connectivity index (χ4v) is 3.13. The first kappa shape index (κ1) is 12.1. The molecule has 1 aliphatic rings. The van der Waals surface area contributed by atoms with Crippen LogP contribution in [0.5, 0.6) is 0 Å². The van der Waals surface area contributed by atoms with Crippen molar-refractivity contribution in [3.8, 4) is 6.07 Å². The lowest BCUT2D eigenvalue weighted by Crippen LogP contribution is -2.42. The maximum atomic E-state index is 11.0. The van der Waals surface area contributed by atoms with E-state index in [0.29, 0.717) is 6.42 Å². The van der Waals surface area contributed by atoms with Gasteiger partial charge in [-0.15, -0.1) is 0 Å². The molecule has 17 heavy (non-hydrogen) atoms. The largest absolute Gasteiger partial charge is 0.383 e. The van der Waals surface area contributed by atoms with Gasteiger partial charge in [0.2, 0.25) is 0 Å². The van der Waals surface area contributed by atoms with Crippen molar-refractivity contribution in [1.82, 2.24) is 0 Å². The fraction of sp³-hybridized carbons (Fsp3) is 0.533. The molecule has 1 aromatic carbocycles. The summed E-state index contributed by atoms with van der Waals surface area (Å²) in [6.45, 7) is 1.96. The Kier molecular flexibility index (Phi) is 3.22. The van der Waals surface area contributed by atoms with Gasteiger partial charge < -0.3 is 5.11 Å². The normalized spacial score (nSPS) is 21.7. The Morgan fingerprint density at radius 2 is 1.88 bits per heavy atom. The van der Waals surface area contributed by atoms with E-state index in [4.69, 9.17) is 0 Å². The number of rotatable bonds is 3. The van der Waals surface area contributed by atoms with Crippen LogP contribution in [0, 0.1) is 16.7 Å². The lowest BCUT2D eigenvalue weighted by Gasteiger charge is -2.40. The number of aliphatic hydroxyl groups is 1. The molecule has 0 radical (unpaired) electrons. The van der Waals surface area contributed by atoms with Gasteiger partial charge in [-0.25, -0.2) is 0 Å². The van der Waals surface area contributed by atoms with Gasteiger partial charge in [0.15, 0.2) is 0 Å². The second-order valence-electron chi connectivity index (χ2n) is 4.98. The van der Waals surface area contributed by atoms with Crippen molar-refractivity contribution in [3.63, 3.8) is 0 Å². The summed E-state index contributed by atoms with van der Waals surface area (Å²) in [5.74, 6) is 0. The van der Waals surface area contributed by atoms with E-state index in [1.165, 1.54) is 0 Å². The fourth-order valence-electron chi connectivity index (χ4n) is 3.13. The van der Waals surface area contributed by atoms with Crippen LogP contribution in [0.15, 0.2) is 30.3 Å². The highest BCUT2D eigenvalue weighted by Gasteiger charge is 2.52. The molecule has 1 fully saturated rings. The van der Waals surface area contributed by atoms with Gasteiger partial charge in [-0.1, -0.05) is 50.1 Å². The van der Waals surface area contributed by atoms with E-state index in [1.54, 1.807) is 0 Å². The second-order valence-corrected chi connectivity index (χ2v) is 4.98. The van der Waals surface area contributed by atoms with E-state index in [9.17, 15) is 10.4 Å². The molecule has 1 saturated carbocycles. The molecule has 2 heteroatoms. The van der Waals surface area contributed by atoms with Crippen molar-refractivity contribution in [2.75, 3.05) is 0 Å². The molecule has 1 aromatic rings. The molecule has 90 valence electrons. The Labute approximate surface area is 103 Å². The maximum absolute atomic E-state index is 11.0. The lowest BCUT2D eigenvalue weighted by molar-refractivity contribution is -0.0627. The number of nitrogens with zero attached hydrogens (tertiary/aromatic N) is 1. The zero-order valence-corrected chi connectivity index (χ0v) is 10.3. The van der Waals surface area contributed by atoms with E-state index >= 15 is 0 Å². The highest BCUT2D eigenvalue weighted by molar-refractivity contribution is 5.29. The molecule has 0 aromatic heterocycles. The second kappa shape index (κ2) is 4.50. The smallest absolute Gasteiger partial charge is 0.108 e. The minimum atomic E-state index is -1.00. The number of hydrogen-bond acceptors (Lipinski definition) is 2. The Balaban J connectivity index is 2.48. The van der Waals surface area contributed by atoms with Crippen molar-refractivity contribution >= 4 is 0 Å². The lowest BCUT2D eigenvalue weighted by atomic mass is 9.66. The van der Waals surface area contributed by atoms with Crippen molar-refractivity contribution in [3.05, 3.63) is 35.9 Å². The molecule has 1 aliphatic carbocycles. The third kappa shape index (κ3) is 1.75. The predicted molar refractivity (Wildman–Crippen MR) is 67.1 cm³/mol. The third-order valence-electron chi connectivity index (χ3n) is 4.23. The average molecular weight is 229 g/mol. The van der Waals surface area contributed by atoms with Gasteiger partial charge in [0.25, 0.3) is 0 Å². The summed E-state index contributed by atoms with van der Waals surface area (Å²) in [5, 5.41) is 20.6. The predicted octanol–water partition coefficient (Wildman–Crippen LogP) is 3.37. The van der Waals surface area contributed by atoms with E-state index in [2.05, 4.69) is 6.07 Å². The van der Waals surface area contributed by atoms with Gasteiger partial charge >= 0.3 is 0 Å². The topological polar surface area (TPSA) is 44.0 Å². The van der Waals surface area contributed by atoms with E-state index in [1.807, 2.05) is 37.3 Å². The van der Waals surface area contributed by atoms with Gasteiger partial charge in [-0.2, -0.15) is 5.26 Å². The van der Waals surface area contributed by atoms with Crippen molar-refractivity contribution < 1.29 is 5.11 Å². The summed E-state index contributed by atoms with van der Waals surface area (Å²) in [4.78, 5) is 0. The van der Waals surface area contributed by atoms with Crippen LogP contribution in [0.4, 0.5) is 0 Å². The first-order valence-electron chi connectivity index (χ1n) is 6.38. The summed E-state index contributed by atoms with van der Waals surface area (Å²) < 4.78 is 0. The molecule has 1 N–H and O–H groups in total.